The lowest BCUT2D eigenvalue weighted by molar-refractivity contribution is 0.167. The van der Waals surface area contributed by atoms with Crippen LogP contribution in [0.4, 0.5) is 8.78 Å². The van der Waals surface area contributed by atoms with Crippen LogP contribution < -0.4 is 5.32 Å². The third-order valence-corrected chi connectivity index (χ3v) is 2.66. The molecule has 1 unspecified atom stereocenters. The normalized spacial score (nSPS) is 12.9. The molecule has 0 saturated heterocycles. The van der Waals surface area contributed by atoms with Crippen LogP contribution in [0, 0.1) is 11.6 Å². The first-order valence-electron chi connectivity index (χ1n) is 4.18. The standard InChI is InChI=1S/C9H10BrF2NO2/c1-13-3-6(15)7-4(11)2-5(14)8(10)9(7)12/h2,6,13-15H,3H2,1H3. The third-order valence-electron chi connectivity index (χ3n) is 1.91. The fourth-order valence-corrected chi connectivity index (χ4v) is 1.53. The molecule has 0 amide bonds. The molecule has 3 N–H and O–H groups in total. The first-order chi connectivity index (χ1) is 6.99. The van der Waals surface area contributed by atoms with E-state index in [1.807, 2.05) is 0 Å². The van der Waals surface area contributed by atoms with E-state index in [1.54, 1.807) is 7.05 Å². The van der Waals surface area contributed by atoms with E-state index >= 15 is 0 Å². The molecule has 1 aromatic carbocycles. The van der Waals surface area contributed by atoms with E-state index in [2.05, 4.69) is 21.2 Å². The van der Waals surface area contributed by atoms with Gasteiger partial charge in [0, 0.05) is 12.6 Å². The lowest BCUT2D eigenvalue weighted by Crippen LogP contribution is -2.19. The van der Waals surface area contributed by atoms with E-state index < -0.39 is 29.1 Å². The Hall–Kier alpha value is -0.720. The van der Waals surface area contributed by atoms with Gasteiger partial charge in [0.05, 0.1) is 16.1 Å². The molecule has 3 nitrogen and oxygen atoms in total. The maximum Gasteiger partial charge on any atom is 0.149 e. The van der Waals surface area contributed by atoms with Crippen molar-refractivity contribution in [3.63, 3.8) is 0 Å². The zero-order valence-electron chi connectivity index (χ0n) is 7.89. The maximum atomic E-state index is 13.5. The predicted molar refractivity (Wildman–Crippen MR) is 54.6 cm³/mol. The van der Waals surface area contributed by atoms with Crippen molar-refractivity contribution in [1.29, 1.82) is 0 Å². The fourth-order valence-electron chi connectivity index (χ4n) is 1.20. The number of nitrogens with one attached hydrogen (secondary N) is 1. The Balaban J connectivity index is 3.23. The molecular weight excluding hydrogens is 272 g/mol. The summed E-state index contributed by atoms with van der Waals surface area (Å²) < 4.78 is 26.5. The first-order valence-corrected chi connectivity index (χ1v) is 4.97. The molecule has 1 aromatic rings. The molecule has 6 heteroatoms. The van der Waals surface area contributed by atoms with Crippen molar-refractivity contribution in [3.05, 3.63) is 27.7 Å². The van der Waals surface area contributed by atoms with Gasteiger partial charge in [-0.3, -0.25) is 0 Å². The van der Waals surface area contributed by atoms with E-state index in [1.165, 1.54) is 0 Å². The summed E-state index contributed by atoms with van der Waals surface area (Å²) in [4.78, 5) is 0. The number of phenols is 1. The summed E-state index contributed by atoms with van der Waals surface area (Å²) in [5, 5.41) is 21.1. The van der Waals surface area contributed by atoms with Crippen molar-refractivity contribution in [3.8, 4) is 5.75 Å². The van der Waals surface area contributed by atoms with Gasteiger partial charge in [-0.2, -0.15) is 0 Å². The number of likely N-dealkylation sites (N-methyl/N-ethyl adjacent to an activating group) is 1. The van der Waals surface area contributed by atoms with Gasteiger partial charge in [-0.25, -0.2) is 8.78 Å². The molecular formula is C9H10BrF2NO2. The zero-order valence-corrected chi connectivity index (χ0v) is 9.48. The minimum absolute atomic E-state index is 0.0189. The highest BCUT2D eigenvalue weighted by molar-refractivity contribution is 9.10. The van der Waals surface area contributed by atoms with Gasteiger partial charge in [-0.05, 0) is 23.0 Å². The number of aliphatic hydroxyl groups excluding tert-OH is 1. The van der Waals surface area contributed by atoms with Crippen molar-refractivity contribution < 1.29 is 19.0 Å². The summed E-state index contributed by atoms with van der Waals surface area (Å²) >= 11 is 2.76. The molecule has 84 valence electrons. The molecule has 0 heterocycles. The van der Waals surface area contributed by atoms with Crippen molar-refractivity contribution in [1.82, 2.24) is 5.32 Å². The number of hydrogen-bond acceptors (Lipinski definition) is 3. The summed E-state index contributed by atoms with van der Waals surface area (Å²) in [5.41, 5.74) is -0.464. The summed E-state index contributed by atoms with van der Waals surface area (Å²) in [6, 6.07) is 0.751. The second-order valence-electron chi connectivity index (χ2n) is 2.99. The van der Waals surface area contributed by atoms with Gasteiger partial charge < -0.3 is 15.5 Å². The van der Waals surface area contributed by atoms with Crippen LogP contribution >= 0.6 is 15.9 Å². The van der Waals surface area contributed by atoms with E-state index in [4.69, 9.17) is 5.11 Å². The highest BCUT2D eigenvalue weighted by Gasteiger charge is 2.22. The Morgan fingerprint density at radius 1 is 1.53 bits per heavy atom. The van der Waals surface area contributed by atoms with Gasteiger partial charge in [0.15, 0.2) is 0 Å². The van der Waals surface area contributed by atoms with Gasteiger partial charge >= 0.3 is 0 Å². The third kappa shape index (κ3) is 2.45. The first kappa shape index (κ1) is 12.4. The van der Waals surface area contributed by atoms with Crippen LogP contribution in [-0.2, 0) is 0 Å². The Bertz CT molecular complexity index is 374. The molecule has 1 rings (SSSR count). The molecule has 15 heavy (non-hydrogen) atoms. The van der Waals surface area contributed by atoms with Crippen molar-refractivity contribution in [2.45, 2.75) is 6.10 Å². The van der Waals surface area contributed by atoms with Crippen LogP contribution in [0.25, 0.3) is 0 Å². The highest BCUT2D eigenvalue weighted by atomic mass is 79.9. The molecule has 1 atom stereocenters. The molecule has 0 bridgehead atoms. The summed E-state index contributed by atoms with van der Waals surface area (Å²) in [7, 11) is 1.55. The van der Waals surface area contributed by atoms with Crippen LogP contribution in [0.2, 0.25) is 0 Å². The summed E-state index contributed by atoms with van der Waals surface area (Å²) in [5.74, 6) is -2.50. The van der Waals surface area contributed by atoms with Crippen LogP contribution in [0.1, 0.15) is 11.7 Å². The minimum atomic E-state index is -1.30. The largest absolute Gasteiger partial charge is 0.507 e. The number of rotatable bonds is 3. The van der Waals surface area contributed by atoms with Gasteiger partial charge in [0.25, 0.3) is 0 Å². The number of hydrogen-bond donors (Lipinski definition) is 3. The van der Waals surface area contributed by atoms with E-state index in [0.29, 0.717) is 0 Å². The predicted octanol–water partition coefficient (Wildman–Crippen LogP) is 1.69. The summed E-state index contributed by atoms with van der Waals surface area (Å²) in [6.07, 6.45) is -1.30. The van der Waals surface area contributed by atoms with Crippen molar-refractivity contribution >= 4 is 15.9 Å². The number of aliphatic hydroxyl groups is 1. The lowest BCUT2D eigenvalue weighted by Gasteiger charge is -2.13. The van der Waals surface area contributed by atoms with Gasteiger partial charge in [0.1, 0.15) is 17.4 Å². The lowest BCUT2D eigenvalue weighted by atomic mass is 10.1. The van der Waals surface area contributed by atoms with Crippen LogP contribution in [-0.4, -0.2) is 23.8 Å². The number of aromatic hydroxyl groups is 1. The van der Waals surface area contributed by atoms with Crippen LogP contribution in [0.3, 0.4) is 0 Å². The Kier molecular flexibility index (Phi) is 4.01. The average molecular weight is 282 g/mol. The SMILES string of the molecule is CNCC(O)c1c(F)cc(O)c(Br)c1F. The molecule has 0 radical (unpaired) electrons. The van der Waals surface area contributed by atoms with Gasteiger partial charge in [0.2, 0.25) is 0 Å². The Morgan fingerprint density at radius 3 is 2.67 bits per heavy atom. The molecule has 0 aliphatic carbocycles. The minimum Gasteiger partial charge on any atom is -0.507 e. The van der Waals surface area contributed by atoms with Crippen molar-refractivity contribution in [2.75, 3.05) is 13.6 Å². The molecule has 0 aliphatic rings. The van der Waals surface area contributed by atoms with Crippen LogP contribution in [0.15, 0.2) is 10.5 Å². The maximum absolute atomic E-state index is 13.5. The van der Waals surface area contributed by atoms with Gasteiger partial charge in [-0.1, -0.05) is 0 Å². The summed E-state index contributed by atoms with van der Waals surface area (Å²) in [6.45, 7) is 0.0189. The van der Waals surface area contributed by atoms with Crippen molar-refractivity contribution in [2.24, 2.45) is 0 Å². The fraction of sp³-hybridized carbons (Fsp3) is 0.333. The zero-order chi connectivity index (χ0) is 11.6. The monoisotopic (exact) mass is 281 g/mol. The van der Waals surface area contributed by atoms with E-state index in [-0.39, 0.29) is 11.0 Å². The quantitative estimate of drug-likeness (QED) is 0.739. The molecule has 0 aromatic heterocycles. The molecule has 0 spiro atoms. The second-order valence-corrected chi connectivity index (χ2v) is 3.79. The van der Waals surface area contributed by atoms with Gasteiger partial charge in [-0.15, -0.1) is 0 Å². The molecule has 0 fully saturated rings. The smallest absolute Gasteiger partial charge is 0.149 e. The number of phenolic OH excluding ortho intramolecular Hbond substituents is 1. The topological polar surface area (TPSA) is 52.5 Å². The Labute approximate surface area is 93.9 Å². The average Bonchev–Trinajstić information content (AvgIpc) is 2.15. The van der Waals surface area contributed by atoms with E-state index in [9.17, 15) is 13.9 Å². The highest BCUT2D eigenvalue weighted by Crippen LogP contribution is 2.33. The second kappa shape index (κ2) is 4.87. The molecule has 0 saturated carbocycles. The molecule has 0 aliphatic heterocycles. The Morgan fingerprint density at radius 2 is 2.13 bits per heavy atom. The van der Waals surface area contributed by atoms with Crippen LogP contribution in [0.5, 0.6) is 5.75 Å². The van der Waals surface area contributed by atoms with E-state index in [0.717, 1.165) is 6.07 Å². The number of halogens is 3. The number of benzene rings is 1.